The Kier molecular flexibility index (Phi) is 9.91. The van der Waals surface area contributed by atoms with E-state index in [1.54, 1.807) is 24.9 Å². The van der Waals surface area contributed by atoms with Crippen LogP contribution in [0.15, 0.2) is 24.3 Å². The third-order valence-corrected chi connectivity index (χ3v) is 3.24. The fourth-order valence-electron chi connectivity index (χ4n) is 1.99. The van der Waals surface area contributed by atoms with Crippen LogP contribution in [0.4, 0.5) is 4.79 Å². The summed E-state index contributed by atoms with van der Waals surface area (Å²) in [7, 11) is 0. The van der Waals surface area contributed by atoms with E-state index in [0.717, 1.165) is 12.0 Å². The molecule has 7 heteroatoms. The van der Waals surface area contributed by atoms with Gasteiger partial charge in [-0.1, -0.05) is 24.3 Å². The van der Waals surface area contributed by atoms with Gasteiger partial charge >= 0.3 is 27.2 Å². The summed E-state index contributed by atoms with van der Waals surface area (Å²) in [5.74, 6) is 0.574. The Bertz CT molecular complexity index is 603. The third-order valence-electron chi connectivity index (χ3n) is 3.24. The van der Waals surface area contributed by atoms with Crippen molar-refractivity contribution in [2.75, 3.05) is 6.61 Å². The largest absolute Gasteiger partial charge is 2.00 e. The Morgan fingerprint density at radius 1 is 1.38 bits per heavy atom. The average Bonchev–Trinajstić information content (AvgIpc) is 2.87. The number of rotatable bonds is 2. The summed E-state index contributed by atoms with van der Waals surface area (Å²) < 4.78 is 15.2. The van der Waals surface area contributed by atoms with Crippen LogP contribution in [0.1, 0.15) is 40.2 Å². The minimum atomic E-state index is -0.595. The Morgan fingerprint density at radius 2 is 1.96 bits per heavy atom. The molecule has 0 bridgehead atoms. The van der Waals surface area contributed by atoms with Gasteiger partial charge in [0.1, 0.15) is 17.1 Å². The standard InChI is InChI=1S/C10H18NO3.C9H8NO.W/c1-9(2,3)14-8(12)11-6-7-13-10(11,4)5;1-2-8-3-5-9(6-4-8)11-7-10;/h6H,7H2,1-5H3;3-6H,1-2H2;/q2*-1;+2. The molecule has 0 saturated carbocycles. The van der Waals surface area contributed by atoms with Gasteiger partial charge in [-0.25, -0.2) is 11.3 Å². The maximum atomic E-state index is 11.7. The number of carbonyl (C=O) groups is 1. The summed E-state index contributed by atoms with van der Waals surface area (Å²) in [6, 6.07) is 7.28. The van der Waals surface area contributed by atoms with Crippen LogP contribution < -0.4 is 4.74 Å². The van der Waals surface area contributed by atoms with Crippen LogP contribution in [0.5, 0.6) is 5.75 Å². The number of carbonyl (C=O) groups excluding carboxylic acids is 1. The monoisotopic (exact) mass is 530 g/mol. The van der Waals surface area contributed by atoms with Gasteiger partial charge in [0.25, 0.3) is 6.26 Å². The molecular formula is C19H26N2O4W. The fraction of sp³-hybridized carbons (Fsp3) is 0.474. The molecule has 0 aliphatic carbocycles. The van der Waals surface area contributed by atoms with Gasteiger partial charge in [-0.15, -0.1) is 5.26 Å². The van der Waals surface area contributed by atoms with E-state index in [1.165, 1.54) is 4.90 Å². The summed E-state index contributed by atoms with van der Waals surface area (Å²) in [6.07, 6.45) is 2.00. The van der Waals surface area contributed by atoms with Crippen molar-refractivity contribution in [2.45, 2.75) is 52.4 Å². The molecule has 1 aromatic carbocycles. The molecule has 0 N–H and O–H groups in total. The SMILES string of the molecule is CC(C)(C)OC(=O)N1[CH-]COC1(C)C.[CH2-]Cc1ccc(OC#N)cc1.[W+2]. The van der Waals surface area contributed by atoms with E-state index < -0.39 is 11.3 Å². The molecule has 1 aliphatic rings. The van der Waals surface area contributed by atoms with E-state index in [4.69, 9.17) is 14.7 Å². The van der Waals surface area contributed by atoms with Crippen molar-refractivity contribution < 1.29 is 40.1 Å². The summed E-state index contributed by atoms with van der Waals surface area (Å²) in [5, 5.41) is 8.16. The van der Waals surface area contributed by atoms with Crippen molar-refractivity contribution in [1.82, 2.24) is 4.90 Å². The molecule has 142 valence electrons. The summed E-state index contributed by atoms with van der Waals surface area (Å²) >= 11 is 0. The minimum absolute atomic E-state index is 0. The van der Waals surface area contributed by atoms with Crippen molar-refractivity contribution in [3.05, 3.63) is 43.3 Å². The van der Waals surface area contributed by atoms with Crippen LogP contribution in [-0.4, -0.2) is 28.9 Å². The van der Waals surface area contributed by atoms with Gasteiger partial charge in [0.2, 0.25) is 0 Å². The van der Waals surface area contributed by atoms with Gasteiger partial charge in [0.15, 0.2) is 0 Å². The van der Waals surface area contributed by atoms with Gasteiger partial charge in [0, 0.05) is 0 Å². The second kappa shape index (κ2) is 10.5. The van der Waals surface area contributed by atoms with Crippen LogP contribution in [0.25, 0.3) is 0 Å². The zero-order valence-corrected chi connectivity index (χ0v) is 18.9. The van der Waals surface area contributed by atoms with Gasteiger partial charge in [-0.05, 0) is 46.8 Å². The van der Waals surface area contributed by atoms with Gasteiger partial charge in [-0.2, -0.15) is 6.42 Å². The van der Waals surface area contributed by atoms with Crippen molar-refractivity contribution in [3.8, 4) is 12.0 Å². The first-order valence-electron chi connectivity index (χ1n) is 8.03. The summed E-state index contributed by atoms with van der Waals surface area (Å²) in [6.45, 7) is 15.1. The third kappa shape index (κ3) is 8.20. The molecule has 26 heavy (non-hydrogen) atoms. The van der Waals surface area contributed by atoms with Crippen LogP contribution in [-0.2, 0) is 37.0 Å². The Balaban J connectivity index is 0.000000475. The van der Waals surface area contributed by atoms with E-state index in [2.05, 4.69) is 11.7 Å². The first kappa shape index (κ1) is 24.4. The molecule has 2 rings (SSSR count). The molecule has 1 saturated heterocycles. The van der Waals surface area contributed by atoms with Gasteiger partial charge < -0.3 is 26.0 Å². The van der Waals surface area contributed by atoms with Crippen LogP contribution in [0.2, 0.25) is 0 Å². The Morgan fingerprint density at radius 3 is 2.35 bits per heavy atom. The van der Waals surface area contributed by atoms with Crippen LogP contribution >= 0.6 is 0 Å². The second-order valence-electron chi connectivity index (χ2n) is 6.88. The van der Waals surface area contributed by atoms with Crippen LogP contribution in [0.3, 0.4) is 0 Å². The van der Waals surface area contributed by atoms with Crippen molar-refractivity contribution in [1.29, 1.82) is 5.26 Å². The first-order chi connectivity index (χ1) is 11.6. The molecule has 6 nitrogen and oxygen atoms in total. The van der Waals surface area contributed by atoms with E-state index in [-0.39, 0.29) is 27.2 Å². The summed E-state index contributed by atoms with van der Waals surface area (Å²) in [5.41, 5.74) is 0.0710. The predicted molar refractivity (Wildman–Crippen MR) is 94.1 cm³/mol. The van der Waals surface area contributed by atoms with Crippen molar-refractivity contribution >= 4 is 6.09 Å². The molecule has 1 fully saturated rings. The van der Waals surface area contributed by atoms with E-state index >= 15 is 0 Å². The molecule has 0 unspecified atom stereocenters. The van der Waals surface area contributed by atoms with Crippen LogP contribution in [0, 0.1) is 25.0 Å². The Labute approximate surface area is 170 Å². The number of ether oxygens (including phenoxy) is 3. The normalized spacial score (nSPS) is 15.0. The zero-order valence-electron chi connectivity index (χ0n) is 15.9. The maximum Gasteiger partial charge on any atom is 2.00 e. The molecule has 0 atom stereocenters. The second-order valence-corrected chi connectivity index (χ2v) is 6.88. The number of hydrogen-bond donors (Lipinski definition) is 0. The maximum absolute atomic E-state index is 11.7. The minimum Gasteiger partial charge on any atom is -0.445 e. The fourth-order valence-corrected chi connectivity index (χ4v) is 1.99. The number of hydrogen-bond acceptors (Lipinski definition) is 5. The van der Waals surface area contributed by atoms with Crippen molar-refractivity contribution in [2.24, 2.45) is 0 Å². The molecule has 1 heterocycles. The smallest absolute Gasteiger partial charge is 0.445 e. The molecule has 0 spiro atoms. The van der Waals surface area contributed by atoms with E-state index in [1.807, 2.05) is 46.8 Å². The predicted octanol–water partition coefficient (Wildman–Crippen LogP) is 4.07. The first-order valence-corrected chi connectivity index (χ1v) is 8.03. The zero-order chi connectivity index (χ0) is 19.1. The Hall–Kier alpha value is -1.57. The molecular weight excluding hydrogens is 504 g/mol. The van der Waals surface area contributed by atoms with E-state index in [9.17, 15) is 4.79 Å². The number of benzene rings is 1. The quantitative estimate of drug-likeness (QED) is 0.426. The number of amides is 1. The number of nitrogens with zero attached hydrogens (tertiary/aromatic N) is 2. The summed E-state index contributed by atoms with van der Waals surface area (Å²) in [4.78, 5) is 13.2. The molecule has 1 amide bonds. The van der Waals surface area contributed by atoms with Gasteiger partial charge in [-0.3, -0.25) is 0 Å². The molecule has 0 radical (unpaired) electrons. The van der Waals surface area contributed by atoms with E-state index in [0.29, 0.717) is 12.4 Å². The molecule has 1 aliphatic heterocycles. The number of nitriles is 1. The average molecular weight is 530 g/mol. The topological polar surface area (TPSA) is 71.8 Å². The molecule has 0 aromatic heterocycles. The molecule has 1 aromatic rings. The van der Waals surface area contributed by atoms with Crippen molar-refractivity contribution in [3.63, 3.8) is 0 Å². The van der Waals surface area contributed by atoms with Gasteiger partial charge in [0.05, 0.1) is 0 Å².